The summed E-state index contributed by atoms with van der Waals surface area (Å²) in [5.41, 5.74) is 0.567. The number of nitrogens with zero attached hydrogens (tertiary/aromatic N) is 4. The van der Waals surface area contributed by atoms with E-state index >= 15 is 0 Å². The SMILES string of the molecule is N#Cc1c(NC(=O)c2cnn3c(C(F)(F)F)cc(-c4ccccc4)nc23)sc2c1CCC2. The van der Waals surface area contributed by atoms with E-state index in [0.29, 0.717) is 20.6 Å². The van der Waals surface area contributed by atoms with Crippen LogP contribution < -0.4 is 5.32 Å². The predicted octanol–water partition coefficient (Wildman–Crippen LogP) is 5.09. The molecule has 32 heavy (non-hydrogen) atoms. The van der Waals surface area contributed by atoms with E-state index < -0.39 is 17.8 Å². The van der Waals surface area contributed by atoms with E-state index in [9.17, 15) is 23.2 Å². The van der Waals surface area contributed by atoms with E-state index in [2.05, 4.69) is 21.5 Å². The first-order chi connectivity index (χ1) is 15.4. The lowest BCUT2D eigenvalue weighted by molar-refractivity contribution is -0.142. The van der Waals surface area contributed by atoms with Gasteiger partial charge in [0.25, 0.3) is 5.91 Å². The zero-order valence-electron chi connectivity index (χ0n) is 16.4. The molecule has 4 aromatic rings. The van der Waals surface area contributed by atoms with Gasteiger partial charge in [0.2, 0.25) is 0 Å². The highest BCUT2D eigenvalue weighted by Crippen LogP contribution is 2.39. The van der Waals surface area contributed by atoms with Gasteiger partial charge in [-0.05, 0) is 30.9 Å². The van der Waals surface area contributed by atoms with Crippen molar-refractivity contribution in [1.29, 1.82) is 5.26 Å². The Bertz CT molecular complexity index is 1400. The van der Waals surface area contributed by atoms with E-state index in [-0.39, 0.29) is 16.9 Å². The molecule has 10 heteroatoms. The summed E-state index contributed by atoms with van der Waals surface area (Å²) in [6, 6.07) is 11.5. The van der Waals surface area contributed by atoms with Crippen molar-refractivity contribution in [3.8, 4) is 17.3 Å². The first kappa shape index (κ1) is 20.2. The quantitative estimate of drug-likeness (QED) is 0.468. The van der Waals surface area contributed by atoms with Crippen molar-refractivity contribution in [2.24, 2.45) is 0 Å². The summed E-state index contributed by atoms with van der Waals surface area (Å²) in [5.74, 6) is -0.665. The molecule has 0 saturated heterocycles. The second-order valence-corrected chi connectivity index (χ2v) is 8.42. The van der Waals surface area contributed by atoms with Crippen LogP contribution in [0.4, 0.5) is 18.2 Å². The third-order valence-corrected chi connectivity index (χ3v) is 6.54. The molecule has 1 N–H and O–H groups in total. The Hall–Kier alpha value is -3.71. The number of thiophene rings is 1. The Balaban J connectivity index is 1.61. The van der Waals surface area contributed by atoms with Crippen molar-refractivity contribution in [2.45, 2.75) is 25.4 Å². The smallest absolute Gasteiger partial charge is 0.312 e. The normalized spacial score (nSPS) is 13.2. The van der Waals surface area contributed by atoms with Gasteiger partial charge in [0.15, 0.2) is 11.3 Å². The van der Waals surface area contributed by atoms with Crippen molar-refractivity contribution < 1.29 is 18.0 Å². The predicted molar refractivity (Wildman–Crippen MR) is 112 cm³/mol. The van der Waals surface area contributed by atoms with Crippen LogP contribution in [-0.4, -0.2) is 20.5 Å². The minimum Gasteiger partial charge on any atom is -0.312 e. The summed E-state index contributed by atoms with van der Waals surface area (Å²) in [6.07, 6.45) is -1.05. The zero-order valence-corrected chi connectivity index (χ0v) is 17.2. The second-order valence-electron chi connectivity index (χ2n) is 7.31. The lowest BCUT2D eigenvalue weighted by Gasteiger charge is -2.11. The van der Waals surface area contributed by atoms with Crippen LogP contribution >= 0.6 is 11.3 Å². The molecule has 6 nitrogen and oxygen atoms in total. The van der Waals surface area contributed by atoms with Crippen molar-refractivity contribution in [2.75, 3.05) is 5.32 Å². The highest BCUT2D eigenvalue weighted by molar-refractivity contribution is 7.16. The molecule has 0 radical (unpaired) electrons. The molecule has 3 heterocycles. The fourth-order valence-corrected chi connectivity index (χ4v) is 5.10. The zero-order chi connectivity index (χ0) is 22.5. The van der Waals surface area contributed by atoms with Crippen LogP contribution in [0.15, 0.2) is 42.6 Å². The molecule has 3 aromatic heterocycles. The summed E-state index contributed by atoms with van der Waals surface area (Å²) in [5, 5.41) is 16.4. The van der Waals surface area contributed by atoms with Crippen molar-refractivity contribution >= 4 is 27.9 Å². The Morgan fingerprint density at radius 3 is 2.72 bits per heavy atom. The summed E-state index contributed by atoms with van der Waals surface area (Å²) >= 11 is 1.33. The minimum atomic E-state index is -4.70. The fraction of sp³-hybridized carbons (Fsp3) is 0.182. The third-order valence-electron chi connectivity index (χ3n) is 5.34. The van der Waals surface area contributed by atoms with Gasteiger partial charge in [-0.2, -0.15) is 23.5 Å². The summed E-state index contributed by atoms with van der Waals surface area (Å²) < 4.78 is 41.8. The Labute approximate surface area is 183 Å². The van der Waals surface area contributed by atoms with Gasteiger partial charge in [-0.1, -0.05) is 30.3 Å². The van der Waals surface area contributed by atoms with Gasteiger partial charge in [-0.15, -0.1) is 11.3 Å². The fourth-order valence-electron chi connectivity index (χ4n) is 3.86. The first-order valence-corrected chi connectivity index (χ1v) is 10.6. The topological polar surface area (TPSA) is 83.1 Å². The molecule has 0 bridgehead atoms. The average Bonchev–Trinajstić information content (AvgIpc) is 3.47. The van der Waals surface area contributed by atoms with E-state index in [4.69, 9.17) is 0 Å². The number of nitrogens with one attached hydrogen (secondary N) is 1. The van der Waals surface area contributed by atoms with Crippen LogP contribution in [0.2, 0.25) is 0 Å². The van der Waals surface area contributed by atoms with Gasteiger partial charge in [0, 0.05) is 10.4 Å². The summed E-state index contributed by atoms with van der Waals surface area (Å²) in [4.78, 5) is 18.4. The Morgan fingerprint density at radius 1 is 1.22 bits per heavy atom. The van der Waals surface area contributed by atoms with Gasteiger partial charge >= 0.3 is 6.18 Å². The maximum absolute atomic E-state index is 13.7. The molecule has 1 amide bonds. The maximum Gasteiger partial charge on any atom is 0.433 e. The second kappa shape index (κ2) is 7.46. The first-order valence-electron chi connectivity index (χ1n) is 9.74. The van der Waals surface area contributed by atoms with E-state index in [1.54, 1.807) is 30.3 Å². The van der Waals surface area contributed by atoms with Crippen molar-refractivity contribution in [3.05, 3.63) is 69.9 Å². The molecule has 0 fully saturated rings. The molecular weight excluding hydrogens is 439 g/mol. The number of alkyl halides is 3. The molecule has 1 aromatic carbocycles. The number of fused-ring (bicyclic) bond motifs is 2. The number of carbonyl (C=O) groups is 1. The van der Waals surface area contributed by atoms with Crippen molar-refractivity contribution in [1.82, 2.24) is 14.6 Å². The molecule has 5 rings (SSSR count). The number of hydrogen-bond acceptors (Lipinski definition) is 5. The molecule has 1 aliphatic carbocycles. The standard InChI is InChI=1S/C22H14F3N5OS/c23-22(24,25)18-9-16(12-5-2-1-3-6-12)28-19-15(11-27-30(18)19)20(31)29-21-14(10-26)13-7-4-8-17(13)32-21/h1-3,5-6,9,11H,4,7-8H2,(H,29,31). The lowest BCUT2D eigenvalue weighted by Crippen LogP contribution is -2.15. The average molecular weight is 453 g/mol. The third kappa shape index (κ3) is 3.31. The summed E-state index contributed by atoms with van der Waals surface area (Å²) in [6.45, 7) is 0. The van der Waals surface area contributed by atoms with E-state index in [1.807, 2.05) is 0 Å². The van der Waals surface area contributed by atoms with Gasteiger partial charge in [-0.3, -0.25) is 4.79 Å². The number of benzene rings is 1. The molecule has 0 unspecified atom stereocenters. The monoisotopic (exact) mass is 453 g/mol. The van der Waals surface area contributed by atoms with Gasteiger partial charge in [0.1, 0.15) is 16.6 Å². The largest absolute Gasteiger partial charge is 0.433 e. The van der Waals surface area contributed by atoms with Crippen LogP contribution in [-0.2, 0) is 19.0 Å². The van der Waals surface area contributed by atoms with Crippen LogP contribution in [0.3, 0.4) is 0 Å². The highest BCUT2D eigenvalue weighted by Gasteiger charge is 2.36. The van der Waals surface area contributed by atoms with Crippen LogP contribution in [0, 0.1) is 11.3 Å². The van der Waals surface area contributed by atoms with Crippen LogP contribution in [0.5, 0.6) is 0 Å². The molecule has 0 atom stereocenters. The van der Waals surface area contributed by atoms with E-state index in [1.165, 1.54) is 11.3 Å². The molecule has 160 valence electrons. The Morgan fingerprint density at radius 2 is 2.00 bits per heavy atom. The number of anilines is 1. The number of halogens is 3. The molecule has 0 spiro atoms. The van der Waals surface area contributed by atoms with E-state index in [0.717, 1.165) is 42.0 Å². The molecule has 0 aliphatic heterocycles. The maximum atomic E-state index is 13.7. The van der Waals surface area contributed by atoms with Crippen LogP contribution in [0.1, 0.15) is 38.5 Å². The number of aromatic nitrogens is 3. The molecule has 0 saturated carbocycles. The molecular formula is C22H14F3N5OS. The number of carbonyl (C=O) groups excluding carboxylic acids is 1. The summed E-state index contributed by atoms with van der Waals surface area (Å²) in [7, 11) is 0. The van der Waals surface area contributed by atoms with Gasteiger partial charge < -0.3 is 5.32 Å². The number of aryl methyl sites for hydroxylation is 1. The number of hydrogen-bond donors (Lipinski definition) is 1. The number of nitriles is 1. The minimum absolute atomic E-state index is 0.0767. The van der Waals surface area contributed by atoms with Crippen LogP contribution in [0.25, 0.3) is 16.9 Å². The van der Waals surface area contributed by atoms with Gasteiger partial charge in [-0.25, -0.2) is 9.50 Å². The Kier molecular flexibility index (Phi) is 4.71. The van der Waals surface area contributed by atoms with Gasteiger partial charge in [0.05, 0.1) is 17.5 Å². The van der Waals surface area contributed by atoms with Crippen molar-refractivity contribution in [3.63, 3.8) is 0 Å². The number of rotatable bonds is 3. The lowest BCUT2D eigenvalue weighted by atomic mass is 10.1. The molecule has 1 aliphatic rings. The highest BCUT2D eigenvalue weighted by atomic mass is 32.1. The number of amides is 1.